The van der Waals surface area contributed by atoms with E-state index < -0.39 is 59.2 Å². The number of hydrogen-bond acceptors (Lipinski definition) is 12. The number of rotatable bonds is 16. The highest BCUT2D eigenvalue weighted by Gasteiger charge is 2.57. The van der Waals surface area contributed by atoms with E-state index in [2.05, 4.69) is 44.0 Å². The molecule has 0 saturated carbocycles. The van der Waals surface area contributed by atoms with Gasteiger partial charge in [0.1, 0.15) is 24.2 Å². The number of likely N-dealkylation sites (N-methyl/N-ethyl adjacent to an activating group) is 2. The summed E-state index contributed by atoms with van der Waals surface area (Å²) in [5, 5.41) is 18.1. The fourth-order valence-electron chi connectivity index (χ4n) is 11.9. The smallest absolute Gasteiger partial charge is 0.246 e. The molecule has 4 fully saturated rings. The van der Waals surface area contributed by atoms with Crippen molar-refractivity contribution in [3.05, 3.63) is 106 Å². The molecule has 398 valence electrons. The highest BCUT2D eigenvalue weighted by atomic mass is 32.2. The highest BCUT2D eigenvalue weighted by molar-refractivity contribution is 8.00. The molecule has 16 nitrogen and oxygen atoms in total. The molecule has 3 aromatic rings. The number of fused-ring (bicyclic) bond motifs is 4. The summed E-state index contributed by atoms with van der Waals surface area (Å²) in [6.07, 6.45) is 2.82. The van der Waals surface area contributed by atoms with Crippen LogP contribution in [-0.2, 0) is 64.3 Å². The van der Waals surface area contributed by atoms with E-state index in [9.17, 15) is 28.8 Å². The first kappa shape index (κ1) is 53.8. The summed E-state index contributed by atoms with van der Waals surface area (Å²) in [5.74, 6) is -0.0156. The van der Waals surface area contributed by atoms with E-state index in [1.54, 1.807) is 61.3 Å². The van der Waals surface area contributed by atoms with Gasteiger partial charge in [0, 0.05) is 12.8 Å². The SMILES string of the molecule is CN[C@@H](C)C(=O)N[C@H]1CCSC2CC(C)(C)[C@@H](C(=O)N[C@H]3c4ccccc4C[C@H]3OCc3ccc(CO[C@@H]4Cc5ccccc5[C@@H]4NC(=O)[C@H]4N5C(=O)[C@@H](NC(=O)[C@H](C)NC)CCS[C@H]5CC4(C)C)cc3)N2C1=O. The number of nitrogens with zero attached hydrogens (tertiary/aromatic N) is 2. The Balaban J connectivity index is 0.841. The first-order valence-corrected chi connectivity index (χ1v) is 28.4. The van der Waals surface area contributed by atoms with E-state index in [-0.39, 0.29) is 58.4 Å². The molecule has 74 heavy (non-hydrogen) atoms. The minimum atomic E-state index is -0.738. The molecule has 9 rings (SSSR count). The topological polar surface area (TPSA) is 200 Å². The third kappa shape index (κ3) is 11.0. The molecule has 0 aromatic heterocycles. The van der Waals surface area contributed by atoms with Crippen LogP contribution in [0, 0.1) is 10.8 Å². The molecule has 3 aromatic carbocycles. The van der Waals surface area contributed by atoms with Crippen LogP contribution >= 0.6 is 23.5 Å². The predicted molar refractivity (Wildman–Crippen MR) is 286 cm³/mol. The lowest BCUT2D eigenvalue weighted by molar-refractivity contribution is -0.144. The maximum absolute atomic E-state index is 14.7. The van der Waals surface area contributed by atoms with Gasteiger partial charge in [-0.15, -0.1) is 23.5 Å². The van der Waals surface area contributed by atoms with E-state index in [1.165, 1.54) is 0 Å². The summed E-state index contributed by atoms with van der Waals surface area (Å²) in [7, 11) is 3.41. The summed E-state index contributed by atoms with van der Waals surface area (Å²) in [4.78, 5) is 87.2. The van der Waals surface area contributed by atoms with Crippen LogP contribution in [0.25, 0.3) is 0 Å². The van der Waals surface area contributed by atoms with Crippen LogP contribution in [0.15, 0.2) is 72.8 Å². The largest absolute Gasteiger partial charge is 0.371 e. The first-order valence-electron chi connectivity index (χ1n) is 26.3. The van der Waals surface area contributed by atoms with E-state index in [4.69, 9.17) is 9.47 Å². The van der Waals surface area contributed by atoms with Crippen LogP contribution in [-0.4, -0.2) is 130 Å². The number of nitrogens with one attached hydrogen (secondary N) is 6. The van der Waals surface area contributed by atoms with Gasteiger partial charge in [0.15, 0.2) is 0 Å². The molecular weight excluding hydrogens is 977 g/mol. The summed E-state index contributed by atoms with van der Waals surface area (Å²) < 4.78 is 13.4. The second-order valence-electron chi connectivity index (χ2n) is 22.3. The zero-order chi connectivity index (χ0) is 52.6. The Labute approximate surface area is 444 Å². The van der Waals surface area contributed by atoms with Crippen molar-refractivity contribution in [2.75, 3.05) is 25.6 Å². The number of hydrogen-bond donors (Lipinski definition) is 6. The van der Waals surface area contributed by atoms with Crippen LogP contribution in [0.5, 0.6) is 0 Å². The third-order valence-electron chi connectivity index (χ3n) is 16.3. The zero-order valence-corrected chi connectivity index (χ0v) is 45.5. The zero-order valence-electron chi connectivity index (χ0n) is 43.9. The molecule has 12 atom stereocenters. The van der Waals surface area contributed by atoms with Gasteiger partial charge in [-0.05, 0) is 109 Å². The van der Waals surface area contributed by atoms with Crippen LogP contribution in [0.2, 0.25) is 0 Å². The molecule has 4 saturated heterocycles. The van der Waals surface area contributed by atoms with Crippen molar-refractivity contribution in [1.82, 2.24) is 41.7 Å². The summed E-state index contributed by atoms with van der Waals surface area (Å²) >= 11 is 3.35. The van der Waals surface area contributed by atoms with Crippen molar-refractivity contribution in [1.29, 1.82) is 0 Å². The Morgan fingerprint density at radius 1 is 0.595 bits per heavy atom. The van der Waals surface area contributed by atoms with E-state index in [1.807, 2.05) is 88.4 Å². The molecule has 6 amide bonds. The molecule has 1 unspecified atom stereocenters. The van der Waals surface area contributed by atoms with Crippen molar-refractivity contribution >= 4 is 59.0 Å². The van der Waals surface area contributed by atoms with E-state index in [0.717, 1.165) is 33.4 Å². The predicted octanol–water partition coefficient (Wildman–Crippen LogP) is 4.65. The number of ether oxygens (including phenoxy) is 2. The summed E-state index contributed by atoms with van der Waals surface area (Å²) in [6, 6.07) is 19.5. The molecule has 6 aliphatic rings. The maximum Gasteiger partial charge on any atom is 0.246 e. The average molecular weight is 1050 g/mol. The molecule has 18 heteroatoms. The van der Waals surface area contributed by atoms with Gasteiger partial charge in [-0.3, -0.25) is 28.8 Å². The van der Waals surface area contributed by atoms with E-state index in [0.29, 0.717) is 63.2 Å². The minimum absolute atomic E-state index is 0.177. The Hall–Kier alpha value is -4.98. The highest BCUT2D eigenvalue weighted by Crippen LogP contribution is 2.49. The van der Waals surface area contributed by atoms with Gasteiger partial charge in [-0.2, -0.15) is 0 Å². The van der Waals surface area contributed by atoms with Crippen LogP contribution in [0.1, 0.15) is 113 Å². The van der Waals surface area contributed by atoms with Crippen molar-refractivity contribution in [2.45, 2.75) is 165 Å². The summed E-state index contributed by atoms with van der Waals surface area (Å²) in [6.45, 7) is 12.3. The molecule has 0 radical (unpaired) electrons. The lowest BCUT2D eigenvalue weighted by Crippen LogP contribution is -2.58. The third-order valence-corrected chi connectivity index (χ3v) is 18.8. The molecule has 2 aliphatic carbocycles. The number of amides is 6. The standard InChI is InChI=1S/C56H74N8O8S2/c1-31(57-7)49(65)59-39-21-23-73-43-27-55(3,4)47(63(43)53(39)69)51(67)61-45-37-15-11-9-13-35(37)25-41(45)71-29-33-17-19-34(20-18-33)30-72-42-26-36-14-10-12-16-38(36)46(42)62-52(68)48-56(5,6)28-44-64(48)54(70)40(22-24-74-44)60-50(66)32(2)58-8/h9-20,31-32,39-48,57-58H,21-30H2,1-8H3,(H,59,65)(H,60,66)(H,61,67)(H,62,68)/t31-,32-,39-,40-,41+,42+,43-,44?,45-,46-,47+,48+/m0/s1. The first-order chi connectivity index (χ1) is 35.4. The van der Waals surface area contributed by atoms with Gasteiger partial charge in [0.2, 0.25) is 35.4 Å². The minimum Gasteiger partial charge on any atom is -0.371 e. The fourth-order valence-corrected chi connectivity index (χ4v) is 15.1. The molecule has 4 aliphatic heterocycles. The number of thioether (sulfide) groups is 2. The molecule has 4 heterocycles. The Kier molecular flexibility index (Phi) is 16.2. The van der Waals surface area contributed by atoms with Gasteiger partial charge >= 0.3 is 0 Å². The van der Waals surface area contributed by atoms with Gasteiger partial charge in [0.25, 0.3) is 0 Å². The van der Waals surface area contributed by atoms with Crippen LogP contribution < -0.4 is 31.9 Å². The van der Waals surface area contributed by atoms with Crippen LogP contribution in [0.3, 0.4) is 0 Å². The van der Waals surface area contributed by atoms with Crippen LogP contribution in [0.4, 0.5) is 0 Å². The van der Waals surface area contributed by atoms with Crippen molar-refractivity contribution in [3.63, 3.8) is 0 Å². The normalized spacial score (nSPS) is 29.5. The average Bonchev–Trinajstić information content (AvgIpc) is 4.03. The molecule has 0 bridgehead atoms. The Morgan fingerprint density at radius 2 is 0.973 bits per heavy atom. The monoisotopic (exact) mass is 1050 g/mol. The van der Waals surface area contributed by atoms with E-state index >= 15 is 0 Å². The Morgan fingerprint density at radius 3 is 1.35 bits per heavy atom. The second-order valence-corrected chi connectivity index (χ2v) is 24.9. The number of carbonyl (C=O) groups is 6. The Bertz CT molecular complexity index is 2420. The second kappa shape index (κ2) is 22.3. The maximum atomic E-state index is 14.7. The lowest BCUT2D eigenvalue weighted by Gasteiger charge is -2.35. The van der Waals surface area contributed by atoms with Crippen molar-refractivity contribution in [2.24, 2.45) is 10.8 Å². The van der Waals surface area contributed by atoms with Crippen molar-refractivity contribution in [3.8, 4) is 0 Å². The number of carbonyl (C=O) groups excluding carboxylic acids is 6. The summed E-state index contributed by atoms with van der Waals surface area (Å²) in [5.41, 5.74) is 5.08. The van der Waals surface area contributed by atoms with Gasteiger partial charge in [-0.25, -0.2) is 0 Å². The quantitative estimate of drug-likeness (QED) is 0.116. The lowest BCUT2D eigenvalue weighted by atomic mass is 9.83. The fraction of sp³-hybridized carbons (Fsp3) is 0.571. The van der Waals surface area contributed by atoms with Gasteiger partial charge in [-0.1, -0.05) is 100 Å². The molecule has 0 spiro atoms. The van der Waals surface area contributed by atoms with Crippen molar-refractivity contribution < 1.29 is 38.2 Å². The molecular formula is C56H74N8O8S2. The van der Waals surface area contributed by atoms with Gasteiger partial charge in [0.05, 0.1) is 60.3 Å². The number of benzene rings is 3. The molecule has 6 N–H and O–H groups in total. The van der Waals surface area contributed by atoms with Gasteiger partial charge < -0.3 is 51.2 Å².